The number of amides is 1. The first-order valence-corrected chi connectivity index (χ1v) is 6.91. The van der Waals surface area contributed by atoms with Crippen LogP contribution in [0.15, 0.2) is 35.4 Å². The normalized spacial score (nSPS) is 21.2. The van der Waals surface area contributed by atoms with Crippen LogP contribution in [-0.2, 0) is 4.79 Å². The number of carbonyl (C=O) groups excluding carboxylic acids is 1. The van der Waals surface area contributed by atoms with Gasteiger partial charge in [0, 0.05) is 25.5 Å². The fraction of sp³-hybridized carbons (Fsp3) is 0.333. The number of aliphatic carboxylic acids is 1. The van der Waals surface area contributed by atoms with Crippen molar-refractivity contribution in [3.8, 4) is 0 Å². The minimum Gasteiger partial charge on any atom is -0.481 e. The maximum absolute atomic E-state index is 12.5. The summed E-state index contributed by atoms with van der Waals surface area (Å²) in [6.45, 7) is 2.02. The number of nitrogens with zero attached hydrogens (tertiary/aromatic N) is 3. The second-order valence-electron chi connectivity index (χ2n) is 5.75. The molecule has 7 heteroatoms. The van der Waals surface area contributed by atoms with Gasteiger partial charge in [-0.25, -0.2) is 4.98 Å². The van der Waals surface area contributed by atoms with Gasteiger partial charge in [0.05, 0.1) is 5.41 Å². The summed E-state index contributed by atoms with van der Waals surface area (Å²) in [6, 6.07) is 5.11. The standard InChI is InChI=1S/C15H15N3O4/c1-15(14(21)22)5-7-17(9-15)12(19)10-8-16-11-4-2-3-6-18(11)13(10)20/h2-4,6,8H,5,7,9H2,1H3,(H,21,22). The predicted octanol–water partition coefficient (Wildman–Crippen LogP) is 0.631. The van der Waals surface area contributed by atoms with E-state index in [0.717, 1.165) is 0 Å². The lowest BCUT2D eigenvalue weighted by atomic mass is 9.90. The van der Waals surface area contributed by atoms with Crippen molar-refractivity contribution in [3.05, 3.63) is 46.5 Å². The van der Waals surface area contributed by atoms with E-state index in [1.54, 1.807) is 31.3 Å². The van der Waals surface area contributed by atoms with Crippen molar-refractivity contribution in [2.24, 2.45) is 5.41 Å². The van der Waals surface area contributed by atoms with E-state index >= 15 is 0 Å². The highest BCUT2D eigenvalue weighted by atomic mass is 16.4. The molecule has 0 aliphatic carbocycles. The summed E-state index contributed by atoms with van der Waals surface area (Å²) < 4.78 is 1.31. The molecule has 0 aromatic carbocycles. The summed E-state index contributed by atoms with van der Waals surface area (Å²) in [5.41, 5.74) is -0.991. The van der Waals surface area contributed by atoms with Gasteiger partial charge in [0.1, 0.15) is 11.2 Å². The van der Waals surface area contributed by atoms with Crippen molar-refractivity contribution >= 4 is 17.5 Å². The molecule has 0 radical (unpaired) electrons. The van der Waals surface area contributed by atoms with E-state index in [1.807, 2.05) is 0 Å². The van der Waals surface area contributed by atoms with Crippen molar-refractivity contribution in [1.82, 2.24) is 14.3 Å². The molecule has 1 unspecified atom stereocenters. The Labute approximate surface area is 125 Å². The van der Waals surface area contributed by atoms with Crippen molar-refractivity contribution in [2.45, 2.75) is 13.3 Å². The third kappa shape index (κ3) is 2.14. The molecule has 2 aromatic rings. The fourth-order valence-corrected chi connectivity index (χ4v) is 2.65. The van der Waals surface area contributed by atoms with E-state index < -0.39 is 22.9 Å². The van der Waals surface area contributed by atoms with E-state index in [4.69, 9.17) is 0 Å². The summed E-state index contributed by atoms with van der Waals surface area (Å²) in [4.78, 5) is 41.6. The largest absolute Gasteiger partial charge is 0.481 e. The maximum Gasteiger partial charge on any atom is 0.311 e. The van der Waals surface area contributed by atoms with E-state index in [2.05, 4.69) is 4.98 Å². The molecule has 1 amide bonds. The van der Waals surface area contributed by atoms with Crippen molar-refractivity contribution < 1.29 is 14.7 Å². The van der Waals surface area contributed by atoms with Crippen LogP contribution in [-0.4, -0.2) is 44.4 Å². The number of carboxylic acid groups (broad SMARTS) is 1. The van der Waals surface area contributed by atoms with Crippen LogP contribution in [0.3, 0.4) is 0 Å². The zero-order chi connectivity index (χ0) is 15.9. The van der Waals surface area contributed by atoms with E-state index in [-0.39, 0.29) is 12.1 Å². The predicted molar refractivity (Wildman–Crippen MR) is 77.7 cm³/mol. The molecule has 1 N–H and O–H groups in total. The molecule has 0 bridgehead atoms. The zero-order valence-corrected chi connectivity index (χ0v) is 12.0. The number of fused-ring (bicyclic) bond motifs is 1. The Morgan fingerprint density at radius 2 is 2.14 bits per heavy atom. The quantitative estimate of drug-likeness (QED) is 0.878. The average molecular weight is 301 g/mol. The molecule has 22 heavy (non-hydrogen) atoms. The molecule has 1 fully saturated rings. The molecule has 7 nitrogen and oxygen atoms in total. The number of carbonyl (C=O) groups is 2. The van der Waals surface area contributed by atoms with Crippen LogP contribution in [0.2, 0.25) is 0 Å². The number of carboxylic acids is 1. The molecule has 1 aliphatic rings. The number of pyridine rings is 1. The third-order valence-corrected chi connectivity index (χ3v) is 4.12. The van der Waals surface area contributed by atoms with Crippen LogP contribution in [0.5, 0.6) is 0 Å². The van der Waals surface area contributed by atoms with Gasteiger partial charge in [-0.1, -0.05) is 6.07 Å². The molecule has 114 valence electrons. The van der Waals surface area contributed by atoms with Crippen LogP contribution < -0.4 is 5.56 Å². The Morgan fingerprint density at radius 1 is 1.36 bits per heavy atom. The minimum atomic E-state index is -0.962. The SMILES string of the molecule is CC1(C(=O)O)CCN(C(=O)c2cnc3ccccn3c2=O)C1. The minimum absolute atomic E-state index is 0.0432. The highest BCUT2D eigenvalue weighted by Crippen LogP contribution is 2.30. The molecule has 2 aromatic heterocycles. The van der Waals surface area contributed by atoms with Gasteiger partial charge in [0.25, 0.3) is 11.5 Å². The topological polar surface area (TPSA) is 92.0 Å². The molecule has 3 rings (SSSR count). The van der Waals surface area contributed by atoms with Crippen molar-refractivity contribution in [2.75, 3.05) is 13.1 Å². The summed E-state index contributed by atoms with van der Waals surface area (Å²) in [6.07, 6.45) is 3.18. The van der Waals surface area contributed by atoms with Gasteiger partial charge < -0.3 is 10.0 Å². The number of hydrogen-bond acceptors (Lipinski definition) is 4. The van der Waals surface area contributed by atoms with Crippen LogP contribution in [0.25, 0.3) is 5.65 Å². The van der Waals surface area contributed by atoms with E-state index in [0.29, 0.717) is 18.6 Å². The van der Waals surface area contributed by atoms with Crippen molar-refractivity contribution in [3.63, 3.8) is 0 Å². The van der Waals surface area contributed by atoms with Crippen molar-refractivity contribution in [1.29, 1.82) is 0 Å². The number of rotatable bonds is 2. The first kappa shape index (κ1) is 14.2. The molecule has 3 heterocycles. The molecule has 1 atom stereocenters. The average Bonchev–Trinajstić information content (AvgIpc) is 2.91. The van der Waals surface area contributed by atoms with Gasteiger partial charge in [-0.15, -0.1) is 0 Å². The van der Waals surface area contributed by atoms with Crippen LogP contribution in [0, 0.1) is 5.41 Å². The number of likely N-dealkylation sites (tertiary alicyclic amines) is 1. The van der Waals surface area contributed by atoms with Crippen LogP contribution in [0.1, 0.15) is 23.7 Å². The Morgan fingerprint density at radius 3 is 2.82 bits per heavy atom. The fourth-order valence-electron chi connectivity index (χ4n) is 2.65. The monoisotopic (exact) mass is 301 g/mol. The summed E-state index contributed by atoms with van der Waals surface area (Å²) in [5, 5.41) is 9.22. The lowest BCUT2D eigenvalue weighted by Crippen LogP contribution is -2.37. The Hall–Kier alpha value is -2.70. The molecule has 1 saturated heterocycles. The Bertz CT molecular complexity index is 829. The summed E-state index contributed by atoms with van der Waals surface area (Å²) >= 11 is 0. The lowest BCUT2D eigenvalue weighted by Gasteiger charge is -2.20. The smallest absolute Gasteiger partial charge is 0.311 e. The number of aromatic nitrogens is 2. The van der Waals surface area contributed by atoms with E-state index in [1.165, 1.54) is 15.5 Å². The first-order chi connectivity index (χ1) is 10.4. The summed E-state index contributed by atoms with van der Waals surface area (Å²) in [5.74, 6) is -1.41. The molecule has 0 spiro atoms. The van der Waals surface area contributed by atoms with Gasteiger partial charge in [-0.2, -0.15) is 0 Å². The Balaban J connectivity index is 1.96. The Kier molecular flexibility index (Phi) is 3.20. The highest BCUT2D eigenvalue weighted by Gasteiger charge is 2.42. The highest BCUT2D eigenvalue weighted by molar-refractivity contribution is 5.94. The van der Waals surface area contributed by atoms with Crippen LogP contribution >= 0.6 is 0 Å². The number of hydrogen-bond donors (Lipinski definition) is 1. The second-order valence-corrected chi connectivity index (χ2v) is 5.75. The van der Waals surface area contributed by atoms with Crippen LogP contribution in [0.4, 0.5) is 0 Å². The van der Waals surface area contributed by atoms with E-state index in [9.17, 15) is 19.5 Å². The zero-order valence-electron chi connectivity index (χ0n) is 12.0. The molecular formula is C15H15N3O4. The summed E-state index contributed by atoms with van der Waals surface area (Å²) in [7, 11) is 0. The van der Waals surface area contributed by atoms with Gasteiger partial charge in [0.15, 0.2) is 0 Å². The molecular weight excluding hydrogens is 286 g/mol. The maximum atomic E-state index is 12.5. The van der Waals surface area contributed by atoms with Gasteiger partial charge in [-0.3, -0.25) is 18.8 Å². The van der Waals surface area contributed by atoms with Gasteiger partial charge >= 0.3 is 5.97 Å². The molecule has 1 aliphatic heterocycles. The van der Waals surface area contributed by atoms with Gasteiger partial charge in [-0.05, 0) is 25.5 Å². The third-order valence-electron chi connectivity index (χ3n) is 4.12. The van der Waals surface area contributed by atoms with Gasteiger partial charge in [0.2, 0.25) is 0 Å². The second kappa shape index (κ2) is 4.94. The molecule has 0 saturated carbocycles. The first-order valence-electron chi connectivity index (χ1n) is 6.91. The lowest BCUT2D eigenvalue weighted by molar-refractivity contribution is -0.147.